The van der Waals surface area contributed by atoms with Crippen molar-refractivity contribution < 1.29 is 9.53 Å². The fraction of sp³-hybridized carbons (Fsp3) is 0.312. The Morgan fingerprint density at radius 2 is 2.30 bits per heavy atom. The molecule has 0 radical (unpaired) electrons. The predicted molar refractivity (Wildman–Crippen MR) is 87.8 cm³/mol. The number of carbonyl (C=O) groups excluding carboxylic acids is 1. The minimum atomic E-state index is -0.133. The number of aryl methyl sites for hydroxylation is 1. The van der Waals surface area contributed by atoms with E-state index in [1.165, 1.54) is 0 Å². The van der Waals surface area contributed by atoms with E-state index in [2.05, 4.69) is 36.0 Å². The zero-order chi connectivity index (χ0) is 15.8. The number of nitrogens with zero attached hydrogens (tertiary/aromatic N) is 3. The molecule has 23 heavy (non-hydrogen) atoms. The summed E-state index contributed by atoms with van der Waals surface area (Å²) in [6.07, 6.45) is 3.93. The van der Waals surface area contributed by atoms with Gasteiger partial charge in [0.25, 0.3) is 5.91 Å². The number of benzene rings is 1. The number of hydrogen-bond donors (Lipinski definition) is 1. The van der Waals surface area contributed by atoms with Gasteiger partial charge in [-0.2, -0.15) is 0 Å². The van der Waals surface area contributed by atoms with Gasteiger partial charge in [-0.1, -0.05) is 15.9 Å². The number of nitrogens with one attached hydrogen (secondary N) is 1. The quantitative estimate of drug-likeness (QED) is 0.892. The Hall–Kier alpha value is -2.15. The molecule has 0 aliphatic carbocycles. The summed E-state index contributed by atoms with van der Waals surface area (Å²) in [6, 6.07) is 5.75. The van der Waals surface area contributed by atoms with Gasteiger partial charge in [-0.05, 0) is 30.7 Å². The highest BCUT2D eigenvalue weighted by Gasteiger charge is 2.20. The van der Waals surface area contributed by atoms with Crippen LogP contribution in [0.1, 0.15) is 23.6 Å². The molecular weight excluding hydrogens is 360 g/mol. The van der Waals surface area contributed by atoms with Gasteiger partial charge in [-0.15, -0.1) is 10.2 Å². The number of aromatic nitrogens is 3. The molecule has 4 rings (SSSR count). The van der Waals surface area contributed by atoms with Crippen LogP contribution in [0.25, 0.3) is 6.08 Å². The monoisotopic (exact) mass is 374 g/mol. The lowest BCUT2D eigenvalue weighted by Gasteiger charge is -2.17. The predicted octanol–water partition coefficient (Wildman–Crippen LogP) is 2.08. The third kappa shape index (κ3) is 2.76. The van der Waals surface area contributed by atoms with Crippen molar-refractivity contribution in [3.8, 4) is 5.75 Å². The van der Waals surface area contributed by atoms with Crippen molar-refractivity contribution >= 4 is 27.9 Å². The molecule has 7 heteroatoms. The molecule has 0 bridgehead atoms. The van der Waals surface area contributed by atoms with Crippen molar-refractivity contribution in [1.29, 1.82) is 0 Å². The van der Waals surface area contributed by atoms with Gasteiger partial charge in [0.05, 0.1) is 12.1 Å². The summed E-state index contributed by atoms with van der Waals surface area (Å²) >= 11 is 3.43. The lowest BCUT2D eigenvalue weighted by Crippen LogP contribution is -2.29. The van der Waals surface area contributed by atoms with Gasteiger partial charge in [0, 0.05) is 23.0 Å². The van der Waals surface area contributed by atoms with E-state index in [0.29, 0.717) is 12.1 Å². The molecule has 2 aliphatic heterocycles. The van der Waals surface area contributed by atoms with E-state index >= 15 is 0 Å². The SMILES string of the molecule is O=C(NCc1nnc2n1CCC2)C1=Cc2cc(Br)ccc2OC1. The molecule has 0 fully saturated rings. The van der Waals surface area contributed by atoms with Gasteiger partial charge >= 0.3 is 0 Å². The zero-order valence-electron chi connectivity index (χ0n) is 12.4. The Bertz CT molecular complexity index is 812. The van der Waals surface area contributed by atoms with Crippen molar-refractivity contribution in [2.45, 2.75) is 25.9 Å². The van der Waals surface area contributed by atoms with Crippen LogP contribution in [0.5, 0.6) is 5.75 Å². The molecule has 1 aromatic heterocycles. The lowest BCUT2D eigenvalue weighted by molar-refractivity contribution is -0.118. The molecule has 0 saturated carbocycles. The summed E-state index contributed by atoms with van der Waals surface area (Å²) in [5.41, 5.74) is 1.51. The van der Waals surface area contributed by atoms with Crippen molar-refractivity contribution in [3.05, 3.63) is 45.5 Å². The third-order valence-electron chi connectivity index (χ3n) is 4.07. The van der Waals surface area contributed by atoms with Crippen LogP contribution < -0.4 is 10.1 Å². The Labute approximate surface area is 141 Å². The minimum absolute atomic E-state index is 0.133. The second kappa shape index (κ2) is 5.81. The standard InChI is InChI=1S/C16H15BrN4O2/c17-12-3-4-13-10(7-12)6-11(9-23-13)16(22)18-8-15-20-19-14-2-1-5-21(14)15/h3-4,6-7H,1-2,5,8-9H2,(H,18,22). The first kappa shape index (κ1) is 14.4. The van der Waals surface area contributed by atoms with Crippen LogP contribution in [-0.4, -0.2) is 27.3 Å². The van der Waals surface area contributed by atoms with Gasteiger partial charge in [-0.25, -0.2) is 0 Å². The Morgan fingerprint density at radius 3 is 3.22 bits per heavy atom. The van der Waals surface area contributed by atoms with E-state index in [1.54, 1.807) is 0 Å². The molecule has 1 amide bonds. The topological polar surface area (TPSA) is 69.0 Å². The Morgan fingerprint density at radius 1 is 1.39 bits per heavy atom. The smallest absolute Gasteiger partial charge is 0.251 e. The maximum atomic E-state index is 12.4. The highest BCUT2D eigenvalue weighted by Crippen LogP contribution is 2.29. The first-order valence-electron chi connectivity index (χ1n) is 7.53. The molecule has 3 heterocycles. The van der Waals surface area contributed by atoms with Gasteiger partial charge in [0.2, 0.25) is 0 Å². The summed E-state index contributed by atoms with van der Waals surface area (Å²) in [5, 5.41) is 11.2. The van der Waals surface area contributed by atoms with E-state index in [1.807, 2.05) is 24.3 Å². The van der Waals surface area contributed by atoms with Crippen molar-refractivity contribution in [3.63, 3.8) is 0 Å². The van der Waals surface area contributed by atoms with E-state index in [0.717, 1.165) is 46.8 Å². The molecule has 0 unspecified atom stereocenters. The van der Waals surface area contributed by atoms with Crippen LogP contribution in [0.4, 0.5) is 0 Å². The van der Waals surface area contributed by atoms with Gasteiger partial charge in [0.15, 0.2) is 5.82 Å². The first-order valence-corrected chi connectivity index (χ1v) is 8.32. The molecule has 1 aromatic carbocycles. The molecule has 0 saturated heterocycles. The number of carbonyl (C=O) groups is 1. The first-order chi connectivity index (χ1) is 11.2. The molecule has 2 aliphatic rings. The largest absolute Gasteiger partial charge is 0.488 e. The van der Waals surface area contributed by atoms with Crippen molar-refractivity contribution in [2.24, 2.45) is 0 Å². The minimum Gasteiger partial charge on any atom is -0.488 e. The second-order valence-electron chi connectivity index (χ2n) is 5.61. The summed E-state index contributed by atoms with van der Waals surface area (Å²) in [4.78, 5) is 12.4. The van der Waals surface area contributed by atoms with E-state index in [-0.39, 0.29) is 12.5 Å². The van der Waals surface area contributed by atoms with Crippen LogP contribution in [0.2, 0.25) is 0 Å². The third-order valence-corrected chi connectivity index (χ3v) is 4.56. The highest BCUT2D eigenvalue weighted by atomic mass is 79.9. The van der Waals surface area contributed by atoms with Gasteiger partial charge < -0.3 is 14.6 Å². The van der Waals surface area contributed by atoms with Crippen LogP contribution in [0, 0.1) is 0 Å². The molecule has 118 valence electrons. The zero-order valence-corrected chi connectivity index (χ0v) is 14.0. The molecule has 0 atom stereocenters. The van der Waals surface area contributed by atoms with E-state index in [4.69, 9.17) is 4.74 Å². The number of ether oxygens (including phenoxy) is 1. The highest BCUT2D eigenvalue weighted by molar-refractivity contribution is 9.10. The lowest BCUT2D eigenvalue weighted by atomic mass is 10.1. The summed E-state index contributed by atoms with van der Waals surface area (Å²) in [6.45, 7) is 1.59. The molecule has 2 aromatic rings. The second-order valence-corrected chi connectivity index (χ2v) is 6.53. The number of rotatable bonds is 3. The van der Waals surface area contributed by atoms with Gasteiger partial charge in [0.1, 0.15) is 18.2 Å². The fourth-order valence-corrected chi connectivity index (χ4v) is 3.27. The van der Waals surface area contributed by atoms with E-state index < -0.39 is 0 Å². The molecule has 1 N–H and O–H groups in total. The average Bonchev–Trinajstić information content (AvgIpc) is 3.15. The Balaban J connectivity index is 1.47. The van der Waals surface area contributed by atoms with Gasteiger partial charge in [-0.3, -0.25) is 4.79 Å². The fourth-order valence-electron chi connectivity index (χ4n) is 2.89. The average molecular weight is 375 g/mol. The van der Waals surface area contributed by atoms with Crippen molar-refractivity contribution in [1.82, 2.24) is 20.1 Å². The van der Waals surface area contributed by atoms with Crippen molar-refractivity contribution in [2.75, 3.05) is 6.61 Å². The summed E-state index contributed by atoms with van der Waals surface area (Å²) in [7, 11) is 0. The number of fused-ring (bicyclic) bond motifs is 2. The summed E-state index contributed by atoms with van der Waals surface area (Å²) < 4.78 is 8.68. The van der Waals surface area contributed by atoms with Crippen LogP contribution in [0.3, 0.4) is 0 Å². The molecule has 6 nitrogen and oxygen atoms in total. The normalized spacial score (nSPS) is 15.4. The number of amides is 1. The molecular formula is C16H15BrN4O2. The van der Waals surface area contributed by atoms with E-state index in [9.17, 15) is 4.79 Å². The maximum absolute atomic E-state index is 12.4. The maximum Gasteiger partial charge on any atom is 0.251 e. The number of hydrogen-bond acceptors (Lipinski definition) is 4. The molecule has 0 spiro atoms. The number of halogens is 1. The van der Waals surface area contributed by atoms with Crippen LogP contribution in [-0.2, 0) is 24.3 Å². The van der Waals surface area contributed by atoms with Crippen LogP contribution >= 0.6 is 15.9 Å². The van der Waals surface area contributed by atoms with Crippen LogP contribution in [0.15, 0.2) is 28.2 Å². The summed E-state index contributed by atoms with van der Waals surface area (Å²) in [5.74, 6) is 2.48. The Kier molecular flexibility index (Phi) is 3.65.